The molecule has 0 radical (unpaired) electrons. The van der Waals surface area contributed by atoms with Gasteiger partial charge in [-0.2, -0.15) is 0 Å². The molecular weight excluding hydrogens is 247 g/mol. The first-order valence-corrected chi connectivity index (χ1v) is 5.78. The number of hydrogen-bond donors (Lipinski definition) is 0. The predicted molar refractivity (Wildman–Crippen MR) is 66.7 cm³/mol. The average molecular weight is 259 g/mol. The van der Waals surface area contributed by atoms with Crippen molar-refractivity contribution in [2.24, 2.45) is 0 Å². The molecule has 1 aromatic rings. The molecule has 0 saturated heterocycles. The molecule has 16 heavy (non-hydrogen) atoms. The first-order valence-electron chi connectivity index (χ1n) is 4.86. The van der Waals surface area contributed by atoms with Gasteiger partial charge in [-0.15, -0.1) is 11.6 Å². The fraction of sp³-hybridized carbons (Fsp3) is 0.250. The Balaban J connectivity index is 2.84. The standard InChI is InChI=1S/C12H12Cl2O2/c1-2-16-12(15)6-4-9-3-5-11(14)7-10(9)8-13/h3-7H,2,8H2,1H3/b6-4-. The first kappa shape index (κ1) is 13.1. The Kier molecular flexibility index (Phi) is 5.36. The molecule has 0 fully saturated rings. The van der Waals surface area contributed by atoms with Crippen LogP contribution in [0.2, 0.25) is 5.02 Å². The maximum atomic E-state index is 11.1. The van der Waals surface area contributed by atoms with E-state index in [-0.39, 0.29) is 5.97 Å². The smallest absolute Gasteiger partial charge is 0.330 e. The number of rotatable bonds is 4. The maximum absolute atomic E-state index is 11.1. The molecule has 0 aromatic heterocycles. The number of benzene rings is 1. The number of alkyl halides is 1. The second kappa shape index (κ2) is 6.56. The molecule has 86 valence electrons. The molecule has 0 unspecified atom stereocenters. The zero-order valence-corrected chi connectivity index (χ0v) is 10.4. The minimum Gasteiger partial charge on any atom is -0.463 e. The van der Waals surface area contributed by atoms with E-state index in [0.29, 0.717) is 17.5 Å². The molecule has 0 aliphatic heterocycles. The van der Waals surface area contributed by atoms with Gasteiger partial charge < -0.3 is 4.74 Å². The van der Waals surface area contributed by atoms with Crippen LogP contribution in [0.15, 0.2) is 24.3 Å². The van der Waals surface area contributed by atoms with E-state index in [1.807, 2.05) is 6.07 Å². The molecule has 0 heterocycles. The van der Waals surface area contributed by atoms with E-state index in [4.69, 9.17) is 27.9 Å². The van der Waals surface area contributed by atoms with Crippen molar-refractivity contribution in [3.63, 3.8) is 0 Å². The normalized spacial score (nSPS) is 10.7. The van der Waals surface area contributed by atoms with Crippen LogP contribution in [0.3, 0.4) is 0 Å². The summed E-state index contributed by atoms with van der Waals surface area (Å²) in [5.74, 6) is -0.0127. The largest absolute Gasteiger partial charge is 0.463 e. The Hall–Kier alpha value is -0.990. The molecule has 1 rings (SSSR count). The van der Waals surface area contributed by atoms with E-state index >= 15 is 0 Å². The van der Waals surface area contributed by atoms with Crippen molar-refractivity contribution >= 4 is 35.2 Å². The Bertz CT molecular complexity index is 400. The first-order chi connectivity index (χ1) is 7.67. The van der Waals surface area contributed by atoms with Gasteiger partial charge in [0.2, 0.25) is 0 Å². The summed E-state index contributed by atoms with van der Waals surface area (Å²) in [5, 5.41) is 0.629. The number of carbonyl (C=O) groups is 1. The lowest BCUT2D eigenvalue weighted by molar-refractivity contribution is -0.137. The molecule has 0 aliphatic carbocycles. The van der Waals surface area contributed by atoms with Gasteiger partial charge in [0, 0.05) is 17.0 Å². The van der Waals surface area contributed by atoms with Gasteiger partial charge in [0.15, 0.2) is 0 Å². The Morgan fingerprint density at radius 3 is 2.88 bits per heavy atom. The van der Waals surface area contributed by atoms with Crippen LogP contribution >= 0.6 is 23.2 Å². The number of carbonyl (C=O) groups excluding carboxylic acids is 1. The van der Waals surface area contributed by atoms with E-state index in [0.717, 1.165) is 11.1 Å². The van der Waals surface area contributed by atoms with Crippen molar-refractivity contribution in [3.8, 4) is 0 Å². The summed E-state index contributed by atoms with van der Waals surface area (Å²) in [7, 11) is 0. The van der Waals surface area contributed by atoms with Gasteiger partial charge in [0.05, 0.1) is 6.61 Å². The fourth-order valence-corrected chi connectivity index (χ4v) is 1.63. The monoisotopic (exact) mass is 258 g/mol. The lowest BCUT2D eigenvalue weighted by atomic mass is 10.1. The number of hydrogen-bond acceptors (Lipinski definition) is 2. The van der Waals surface area contributed by atoms with E-state index in [9.17, 15) is 4.79 Å². The van der Waals surface area contributed by atoms with Crippen LogP contribution in [-0.2, 0) is 15.4 Å². The SMILES string of the molecule is CCOC(=O)/C=C\c1ccc(Cl)cc1CCl. The summed E-state index contributed by atoms with van der Waals surface area (Å²) >= 11 is 11.6. The lowest BCUT2D eigenvalue weighted by Crippen LogP contribution is -1.98. The summed E-state index contributed by atoms with van der Waals surface area (Å²) in [6.45, 7) is 2.13. The molecule has 1 aromatic carbocycles. The highest BCUT2D eigenvalue weighted by atomic mass is 35.5. The van der Waals surface area contributed by atoms with Gasteiger partial charge >= 0.3 is 5.97 Å². The Morgan fingerprint density at radius 2 is 2.25 bits per heavy atom. The minimum absolute atomic E-state index is 0.350. The molecule has 0 bridgehead atoms. The number of ether oxygens (including phenoxy) is 1. The maximum Gasteiger partial charge on any atom is 0.330 e. The summed E-state index contributed by atoms with van der Waals surface area (Å²) in [4.78, 5) is 11.1. The third-order valence-corrected chi connectivity index (χ3v) is 2.46. The van der Waals surface area contributed by atoms with Crippen molar-refractivity contribution in [1.82, 2.24) is 0 Å². The molecule has 2 nitrogen and oxygen atoms in total. The quantitative estimate of drug-likeness (QED) is 0.468. The molecule has 0 aliphatic rings. The summed E-state index contributed by atoms with van der Waals surface area (Å²) in [6.07, 6.45) is 3.05. The topological polar surface area (TPSA) is 26.3 Å². The molecule has 0 saturated carbocycles. The predicted octanol–water partition coefficient (Wildman–Crippen LogP) is 3.66. The van der Waals surface area contributed by atoms with Crippen LogP contribution in [0.1, 0.15) is 18.1 Å². The van der Waals surface area contributed by atoms with Crippen molar-refractivity contribution in [2.75, 3.05) is 6.61 Å². The van der Waals surface area contributed by atoms with Gasteiger partial charge in [-0.25, -0.2) is 4.79 Å². The molecule has 0 atom stereocenters. The number of halogens is 2. The van der Waals surface area contributed by atoms with Crippen LogP contribution in [0, 0.1) is 0 Å². The van der Waals surface area contributed by atoms with Crippen LogP contribution < -0.4 is 0 Å². The molecule has 0 amide bonds. The zero-order chi connectivity index (χ0) is 12.0. The minimum atomic E-state index is -0.363. The van der Waals surface area contributed by atoms with Crippen molar-refractivity contribution in [3.05, 3.63) is 40.4 Å². The summed E-state index contributed by atoms with van der Waals surface area (Å²) in [6, 6.07) is 5.34. The van der Waals surface area contributed by atoms with Crippen molar-refractivity contribution < 1.29 is 9.53 Å². The third kappa shape index (κ3) is 3.87. The van der Waals surface area contributed by atoms with Gasteiger partial charge in [0.25, 0.3) is 0 Å². The zero-order valence-electron chi connectivity index (χ0n) is 8.87. The molecule has 0 spiro atoms. The van der Waals surface area contributed by atoms with Crippen molar-refractivity contribution in [1.29, 1.82) is 0 Å². The Morgan fingerprint density at radius 1 is 1.50 bits per heavy atom. The van der Waals surface area contributed by atoms with Gasteiger partial charge in [-0.3, -0.25) is 0 Å². The summed E-state index contributed by atoms with van der Waals surface area (Å²) in [5.41, 5.74) is 1.75. The van der Waals surface area contributed by atoms with E-state index in [2.05, 4.69) is 0 Å². The van der Waals surface area contributed by atoms with E-state index < -0.39 is 0 Å². The molecular formula is C12H12Cl2O2. The number of esters is 1. The lowest BCUT2D eigenvalue weighted by Gasteiger charge is -2.02. The van der Waals surface area contributed by atoms with Crippen molar-refractivity contribution in [2.45, 2.75) is 12.8 Å². The molecule has 4 heteroatoms. The van der Waals surface area contributed by atoms with Crippen LogP contribution in [-0.4, -0.2) is 12.6 Å². The van der Waals surface area contributed by atoms with Crippen LogP contribution in [0.4, 0.5) is 0 Å². The van der Waals surface area contributed by atoms with E-state index in [1.54, 1.807) is 25.1 Å². The average Bonchev–Trinajstić information content (AvgIpc) is 2.27. The highest BCUT2D eigenvalue weighted by Gasteiger charge is 2.00. The second-order valence-corrected chi connectivity index (χ2v) is 3.77. The van der Waals surface area contributed by atoms with Crippen LogP contribution in [0.25, 0.3) is 6.08 Å². The summed E-state index contributed by atoms with van der Waals surface area (Å²) < 4.78 is 4.78. The Labute approximate surface area is 105 Å². The van der Waals surface area contributed by atoms with Gasteiger partial charge in [-0.1, -0.05) is 17.7 Å². The molecule has 0 N–H and O–H groups in total. The highest BCUT2D eigenvalue weighted by Crippen LogP contribution is 2.19. The van der Waals surface area contributed by atoms with E-state index in [1.165, 1.54) is 6.08 Å². The fourth-order valence-electron chi connectivity index (χ4n) is 1.20. The second-order valence-electron chi connectivity index (χ2n) is 3.06. The highest BCUT2D eigenvalue weighted by molar-refractivity contribution is 6.30. The van der Waals surface area contributed by atoms with Gasteiger partial charge in [-0.05, 0) is 36.3 Å². The third-order valence-electron chi connectivity index (χ3n) is 1.93. The van der Waals surface area contributed by atoms with Gasteiger partial charge in [0.1, 0.15) is 0 Å². The van der Waals surface area contributed by atoms with Crippen LogP contribution in [0.5, 0.6) is 0 Å².